The lowest BCUT2D eigenvalue weighted by Gasteiger charge is -1.97. The smallest absolute Gasteiger partial charge is 0.197 e. The third-order valence-electron chi connectivity index (χ3n) is 4.30. The second-order valence-corrected chi connectivity index (χ2v) is 7.28. The maximum atomic E-state index is 5.75. The Morgan fingerprint density at radius 2 is 1.41 bits per heavy atom. The lowest BCUT2D eigenvalue weighted by atomic mass is 10.1. The minimum Gasteiger partial charge on any atom is -0.440 e. The number of aryl methyl sites for hydroxylation is 1. The first-order valence-corrected chi connectivity index (χ1v) is 10.4. The molecule has 2 aromatic carbocycles. The Labute approximate surface area is 174 Å². The van der Waals surface area contributed by atoms with E-state index < -0.39 is 0 Å². The molecule has 2 heterocycles. The first kappa shape index (κ1) is 22.4. The number of rotatable bonds is 3. The Morgan fingerprint density at radius 3 is 1.97 bits per heavy atom. The molecule has 4 nitrogen and oxygen atoms in total. The summed E-state index contributed by atoms with van der Waals surface area (Å²) in [6.07, 6.45) is 0. The monoisotopic (exact) mass is 391 g/mol. The molecule has 4 heteroatoms. The van der Waals surface area contributed by atoms with Crippen molar-refractivity contribution >= 4 is 11.0 Å². The van der Waals surface area contributed by atoms with E-state index in [1.165, 1.54) is 0 Å². The fourth-order valence-electron chi connectivity index (χ4n) is 2.77. The molecular formula is C25H33N3O. The van der Waals surface area contributed by atoms with Crippen LogP contribution in [0.15, 0.2) is 59.0 Å². The summed E-state index contributed by atoms with van der Waals surface area (Å²) in [5.41, 5.74) is 4.24. The van der Waals surface area contributed by atoms with Gasteiger partial charge in [-0.2, -0.15) is 0 Å². The van der Waals surface area contributed by atoms with Crippen molar-refractivity contribution < 1.29 is 4.42 Å². The molecule has 4 rings (SSSR count). The van der Waals surface area contributed by atoms with Crippen LogP contribution in [0.4, 0.5) is 0 Å². The van der Waals surface area contributed by atoms with E-state index in [1.54, 1.807) is 0 Å². The molecule has 2 aromatic heterocycles. The summed E-state index contributed by atoms with van der Waals surface area (Å²) in [7, 11) is 0. The molecule has 0 fully saturated rings. The molecular weight excluding hydrogens is 358 g/mol. The molecule has 0 unspecified atom stereocenters. The van der Waals surface area contributed by atoms with Gasteiger partial charge in [0.2, 0.25) is 0 Å². The number of imidazole rings is 1. The molecule has 29 heavy (non-hydrogen) atoms. The lowest BCUT2D eigenvalue weighted by Crippen LogP contribution is -1.88. The highest BCUT2D eigenvalue weighted by Gasteiger charge is 2.13. The van der Waals surface area contributed by atoms with E-state index in [9.17, 15) is 0 Å². The van der Waals surface area contributed by atoms with Gasteiger partial charge in [-0.3, -0.25) is 0 Å². The molecule has 0 amide bonds. The van der Waals surface area contributed by atoms with Gasteiger partial charge in [-0.15, -0.1) is 0 Å². The first-order valence-electron chi connectivity index (χ1n) is 10.4. The summed E-state index contributed by atoms with van der Waals surface area (Å²) in [6, 6.07) is 18.2. The van der Waals surface area contributed by atoms with Crippen molar-refractivity contribution in [2.75, 3.05) is 0 Å². The Bertz CT molecular complexity index is 964. The maximum absolute atomic E-state index is 5.75. The van der Waals surface area contributed by atoms with Crippen LogP contribution in [0.25, 0.3) is 22.4 Å². The number of H-pyrrole nitrogens is 1. The summed E-state index contributed by atoms with van der Waals surface area (Å²) in [4.78, 5) is 12.2. The maximum Gasteiger partial charge on any atom is 0.197 e. The second-order valence-electron chi connectivity index (χ2n) is 7.28. The topological polar surface area (TPSA) is 54.7 Å². The van der Waals surface area contributed by atoms with Crippen molar-refractivity contribution in [3.63, 3.8) is 0 Å². The van der Waals surface area contributed by atoms with Gasteiger partial charge in [0, 0.05) is 17.4 Å². The van der Waals surface area contributed by atoms with E-state index in [-0.39, 0.29) is 0 Å². The highest BCUT2D eigenvalue weighted by Crippen LogP contribution is 2.26. The highest BCUT2D eigenvalue weighted by atomic mass is 16.4. The third kappa shape index (κ3) is 5.80. The number of hydrogen-bond donors (Lipinski definition) is 1. The van der Waals surface area contributed by atoms with Crippen LogP contribution >= 0.6 is 0 Å². The van der Waals surface area contributed by atoms with E-state index in [0.29, 0.717) is 11.8 Å². The van der Waals surface area contributed by atoms with Crippen LogP contribution in [0.1, 0.15) is 70.8 Å². The van der Waals surface area contributed by atoms with Gasteiger partial charge in [0.05, 0.1) is 16.7 Å². The first-order chi connectivity index (χ1) is 14.0. The number of nitrogens with one attached hydrogen (secondary N) is 1. The van der Waals surface area contributed by atoms with Gasteiger partial charge in [-0.25, -0.2) is 9.97 Å². The predicted molar refractivity (Wildman–Crippen MR) is 122 cm³/mol. The third-order valence-corrected chi connectivity index (χ3v) is 4.30. The zero-order chi connectivity index (χ0) is 21.4. The van der Waals surface area contributed by atoms with Crippen molar-refractivity contribution in [3.05, 3.63) is 72.0 Å². The average molecular weight is 392 g/mol. The lowest BCUT2D eigenvalue weighted by molar-refractivity contribution is 0.481. The van der Waals surface area contributed by atoms with E-state index in [2.05, 4.69) is 42.6 Å². The number of aromatic amines is 1. The number of hydrogen-bond acceptors (Lipinski definition) is 3. The van der Waals surface area contributed by atoms with Gasteiger partial charge in [-0.05, 0) is 19.1 Å². The van der Waals surface area contributed by atoms with Crippen LogP contribution in [-0.4, -0.2) is 15.0 Å². The largest absolute Gasteiger partial charge is 0.440 e. The van der Waals surface area contributed by atoms with Gasteiger partial charge in [0.15, 0.2) is 11.7 Å². The molecule has 4 aromatic rings. The van der Waals surface area contributed by atoms with Crippen molar-refractivity contribution in [3.8, 4) is 11.3 Å². The predicted octanol–water partition coefficient (Wildman–Crippen LogP) is 7.49. The number of oxazole rings is 1. The number of nitrogens with zero attached hydrogens (tertiary/aromatic N) is 2. The fourth-order valence-corrected chi connectivity index (χ4v) is 2.77. The molecule has 1 N–H and O–H groups in total. The van der Waals surface area contributed by atoms with Crippen LogP contribution in [0.5, 0.6) is 0 Å². The van der Waals surface area contributed by atoms with E-state index in [1.807, 2.05) is 75.4 Å². The summed E-state index contributed by atoms with van der Waals surface area (Å²) >= 11 is 0. The van der Waals surface area contributed by atoms with Crippen LogP contribution in [0.3, 0.4) is 0 Å². The molecule has 0 aliphatic rings. The zero-order valence-electron chi connectivity index (χ0n) is 18.7. The molecule has 154 valence electrons. The molecule has 0 bridgehead atoms. The van der Waals surface area contributed by atoms with Crippen molar-refractivity contribution in [1.29, 1.82) is 0 Å². The Kier molecular flexibility index (Phi) is 8.20. The van der Waals surface area contributed by atoms with Crippen LogP contribution in [0.2, 0.25) is 0 Å². The molecule has 0 saturated carbocycles. The number of fused-ring (bicyclic) bond motifs is 1. The van der Waals surface area contributed by atoms with Crippen molar-refractivity contribution in [2.45, 2.75) is 60.3 Å². The van der Waals surface area contributed by atoms with Crippen molar-refractivity contribution in [2.24, 2.45) is 0 Å². The molecule has 0 atom stereocenters. The summed E-state index contributed by atoms with van der Waals surface area (Å²) < 4.78 is 5.75. The summed E-state index contributed by atoms with van der Waals surface area (Å²) in [6.45, 7) is 14.4. The molecule has 0 aliphatic carbocycles. The Balaban J connectivity index is 0.000000194. The van der Waals surface area contributed by atoms with Crippen LogP contribution < -0.4 is 0 Å². The van der Waals surface area contributed by atoms with Crippen LogP contribution in [0, 0.1) is 6.92 Å². The van der Waals surface area contributed by atoms with E-state index in [4.69, 9.17) is 4.42 Å². The standard InChI is InChI=1S/C13H15NO.C10H12N2.C2H6/c1-9(2)13-14-10(3)12(15-13)11-7-5-4-6-8-11;1-7(2)10-11-8-5-3-4-6-9(8)12-10;1-2/h4-9H,1-3H3;3-7H,1-2H3,(H,11,12);1-2H3. The number of para-hydroxylation sites is 2. The van der Waals surface area contributed by atoms with Gasteiger partial charge >= 0.3 is 0 Å². The Hall–Kier alpha value is -2.88. The van der Waals surface area contributed by atoms with Crippen LogP contribution in [-0.2, 0) is 0 Å². The normalized spacial score (nSPS) is 10.5. The van der Waals surface area contributed by atoms with Gasteiger partial charge in [0.1, 0.15) is 5.82 Å². The minimum atomic E-state index is 0.334. The molecule has 0 radical (unpaired) electrons. The number of aromatic nitrogens is 3. The second kappa shape index (κ2) is 10.6. The average Bonchev–Trinajstić information content (AvgIpc) is 3.34. The van der Waals surface area contributed by atoms with Crippen molar-refractivity contribution in [1.82, 2.24) is 15.0 Å². The Morgan fingerprint density at radius 1 is 0.793 bits per heavy atom. The van der Waals surface area contributed by atoms with Gasteiger partial charge in [-0.1, -0.05) is 84.0 Å². The van der Waals surface area contributed by atoms with E-state index in [0.717, 1.165) is 39.8 Å². The van der Waals surface area contributed by atoms with Gasteiger partial charge < -0.3 is 9.40 Å². The summed E-state index contributed by atoms with van der Waals surface area (Å²) in [5, 5.41) is 0. The van der Waals surface area contributed by atoms with Gasteiger partial charge in [0.25, 0.3) is 0 Å². The molecule has 0 aliphatic heterocycles. The highest BCUT2D eigenvalue weighted by molar-refractivity contribution is 5.74. The summed E-state index contributed by atoms with van der Waals surface area (Å²) in [5.74, 6) is 3.57. The molecule has 0 saturated heterocycles. The quantitative estimate of drug-likeness (QED) is 0.393. The van der Waals surface area contributed by atoms with E-state index >= 15 is 0 Å². The SMILES string of the molecule is CC.CC(C)c1nc2ccccc2[nH]1.Cc1nc(C(C)C)oc1-c1ccccc1. The molecule has 0 spiro atoms. The number of benzene rings is 2. The zero-order valence-corrected chi connectivity index (χ0v) is 18.7. The fraction of sp³-hybridized carbons (Fsp3) is 0.360. The minimum absolute atomic E-state index is 0.334.